The van der Waals surface area contributed by atoms with Crippen LogP contribution in [-0.4, -0.2) is 20.1 Å². The van der Waals surface area contributed by atoms with Crippen LogP contribution in [0.25, 0.3) is 28.1 Å². The Labute approximate surface area is 206 Å². The SMILES string of the molecule is CC.CC(C)(C)N.CCc1cc2c(cc1F)c(C#N)c(-c1ccc(S)cn1)n2-c1ccccn1. The Balaban J connectivity index is 0.000000520. The summed E-state index contributed by atoms with van der Waals surface area (Å²) in [4.78, 5) is 9.60. The molecule has 0 amide bonds. The molecule has 3 heterocycles. The van der Waals surface area contributed by atoms with Gasteiger partial charge in [-0.05, 0) is 69.2 Å². The average molecular weight is 478 g/mol. The number of nitriles is 1. The van der Waals surface area contributed by atoms with E-state index in [1.807, 2.05) is 70.4 Å². The van der Waals surface area contributed by atoms with Gasteiger partial charge in [0.2, 0.25) is 0 Å². The molecule has 0 radical (unpaired) electrons. The van der Waals surface area contributed by atoms with Crippen molar-refractivity contribution < 1.29 is 4.39 Å². The summed E-state index contributed by atoms with van der Waals surface area (Å²) in [6.45, 7) is 11.8. The first-order valence-electron chi connectivity index (χ1n) is 11.3. The number of hydrogen-bond donors (Lipinski definition) is 2. The first-order valence-corrected chi connectivity index (χ1v) is 11.7. The number of aryl methyl sites for hydroxylation is 1. The van der Waals surface area contributed by atoms with E-state index in [9.17, 15) is 9.65 Å². The molecular formula is C27H32FN5S. The summed E-state index contributed by atoms with van der Waals surface area (Å²) < 4.78 is 16.3. The molecule has 0 saturated carbocycles. The van der Waals surface area contributed by atoms with Crippen LogP contribution >= 0.6 is 12.6 Å². The molecule has 4 rings (SSSR count). The van der Waals surface area contributed by atoms with E-state index in [2.05, 4.69) is 28.7 Å². The standard InChI is InChI=1S/C21H15FN4S.C4H11N.C2H6/c1-2-13-9-19-15(10-17(13)22)16(11-23)21(18-7-6-14(27)12-25-18)26(19)20-5-3-4-8-24-20;1-4(2,3)5;1-2/h3-10,12,27H,2H2,1H3;5H2,1-3H3;1-2H3. The van der Waals surface area contributed by atoms with E-state index < -0.39 is 0 Å². The molecule has 34 heavy (non-hydrogen) atoms. The van der Waals surface area contributed by atoms with E-state index in [-0.39, 0.29) is 11.4 Å². The summed E-state index contributed by atoms with van der Waals surface area (Å²) in [6.07, 6.45) is 3.86. The Bertz CT molecular complexity index is 1260. The molecule has 1 aromatic carbocycles. The predicted molar refractivity (Wildman–Crippen MR) is 141 cm³/mol. The summed E-state index contributed by atoms with van der Waals surface area (Å²) in [5.74, 6) is 0.328. The number of hydrogen-bond acceptors (Lipinski definition) is 5. The Morgan fingerprint density at radius 2 is 1.79 bits per heavy atom. The molecule has 0 spiro atoms. The zero-order chi connectivity index (χ0) is 25.5. The Kier molecular flexibility index (Phi) is 9.36. The maximum Gasteiger partial charge on any atom is 0.137 e. The molecule has 0 unspecified atom stereocenters. The van der Waals surface area contributed by atoms with Gasteiger partial charge in [0.05, 0.1) is 22.5 Å². The number of thiol groups is 1. The Hall–Kier alpha value is -3.21. The Morgan fingerprint density at radius 3 is 2.29 bits per heavy atom. The van der Waals surface area contributed by atoms with E-state index in [1.54, 1.807) is 24.5 Å². The van der Waals surface area contributed by atoms with Gasteiger partial charge in [-0.2, -0.15) is 5.26 Å². The second kappa shape index (κ2) is 11.8. The third-order valence-corrected chi connectivity index (χ3v) is 4.76. The maximum atomic E-state index is 14.5. The first kappa shape index (κ1) is 27.0. The molecule has 3 aromatic heterocycles. The fraction of sp³-hybridized carbons (Fsp3) is 0.296. The van der Waals surface area contributed by atoms with Gasteiger partial charge in [0.25, 0.3) is 0 Å². The van der Waals surface area contributed by atoms with E-state index in [0.29, 0.717) is 40.1 Å². The zero-order valence-electron chi connectivity index (χ0n) is 20.6. The summed E-state index contributed by atoms with van der Waals surface area (Å²) in [5, 5.41) is 10.4. The number of aromatic nitrogens is 3. The van der Waals surface area contributed by atoms with Crippen molar-refractivity contribution in [1.29, 1.82) is 5.26 Å². The molecule has 0 atom stereocenters. The highest BCUT2D eigenvalue weighted by Gasteiger charge is 2.22. The Morgan fingerprint density at radius 1 is 1.12 bits per heavy atom. The van der Waals surface area contributed by atoms with Gasteiger partial charge in [-0.15, -0.1) is 12.6 Å². The van der Waals surface area contributed by atoms with Gasteiger partial charge < -0.3 is 5.73 Å². The topological polar surface area (TPSA) is 80.5 Å². The van der Waals surface area contributed by atoms with Crippen molar-refractivity contribution in [3.63, 3.8) is 0 Å². The van der Waals surface area contributed by atoms with Crippen LogP contribution in [0.5, 0.6) is 0 Å². The van der Waals surface area contributed by atoms with Crippen LogP contribution in [0.4, 0.5) is 4.39 Å². The van der Waals surface area contributed by atoms with E-state index >= 15 is 0 Å². The predicted octanol–water partition coefficient (Wildman–Crippen LogP) is 6.72. The lowest BCUT2D eigenvalue weighted by Gasteiger charge is -2.10. The molecular weight excluding hydrogens is 445 g/mol. The van der Waals surface area contributed by atoms with Crippen molar-refractivity contribution in [2.24, 2.45) is 5.73 Å². The van der Waals surface area contributed by atoms with Gasteiger partial charge in [0.1, 0.15) is 17.7 Å². The minimum atomic E-state index is -0.315. The summed E-state index contributed by atoms with van der Waals surface area (Å²) >= 11 is 4.28. The van der Waals surface area contributed by atoms with Crippen molar-refractivity contribution in [3.8, 4) is 23.3 Å². The lowest BCUT2D eigenvalue weighted by Crippen LogP contribution is -2.26. The highest BCUT2D eigenvalue weighted by Crippen LogP contribution is 2.36. The minimum absolute atomic E-state index is 0. The van der Waals surface area contributed by atoms with E-state index in [0.717, 1.165) is 10.4 Å². The van der Waals surface area contributed by atoms with Gasteiger partial charge in [-0.1, -0.05) is 26.8 Å². The molecule has 0 aliphatic heterocycles. The number of pyridine rings is 2. The molecule has 0 saturated heterocycles. The minimum Gasteiger partial charge on any atom is -0.326 e. The first-order chi connectivity index (χ1) is 16.1. The average Bonchev–Trinajstić information content (AvgIpc) is 3.12. The summed E-state index contributed by atoms with van der Waals surface area (Å²) in [6, 6.07) is 14.6. The molecule has 7 heteroatoms. The van der Waals surface area contributed by atoms with Gasteiger partial charge in [-0.3, -0.25) is 9.55 Å². The van der Waals surface area contributed by atoms with Crippen LogP contribution < -0.4 is 5.73 Å². The fourth-order valence-electron chi connectivity index (χ4n) is 3.23. The number of nitrogens with zero attached hydrogens (tertiary/aromatic N) is 4. The number of nitrogens with two attached hydrogens (primary N) is 1. The van der Waals surface area contributed by atoms with Gasteiger partial charge in [0.15, 0.2) is 0 Å². The molecule has 178 valence electrons. The monoisotopic (exact) mass is 477 g/mol. The van der Waals surface area contributed by atoms with Crippen molar-refractivity contribution in [2.45, 2.75) is 58.4 Å². The van der Waals surface area contributed by atoms with Crippen LogP contribution in [-0.2, 0) is 6.42 Å². The zero-order valence-corrected chi connectivity index (χ0v) is 21.5. The maximum absolute atomic E-state index is 14.5. The molecule has 0 aliphatic carbocycles. The molecule has 5 nitrogen and oxygen atoms in total. The quantitative estimate of drug-likeness (QED) is 0.321. The van der Waals surface area contributed by atoms with Gasteiger partial charge in [-0.25, -0.2) is 9.37 Å². The van der Waals surface area contributed by atoms with E-state index in [1.165, 1.54) is 6.07 Å². The molecule has 0 aliphatic rings. The van der Waals surface area contributed by atoms with Crippen molar-refractivity contribution in [1.82, 2.24) is 14.5 Å². The molecule has 0 bridgehead atoms. The number of halogens is 1. The molecule has 4 aromatic rings. The highest BCUT2D eigenvalue weighted by atomic mass is 32.1. The van der Waals surface area contributed by atoms with Crippen LogP contribution in [0.1, 0.15) is 52.7 Å². The molecule has 2 N–H and O–H groups in total. The van der Waals surface area contributed by atoms with Crippen LogP contribution in [0.15, 0.2) is 59.8 Å². The van der Waals surface area contributed by atoms with Crippen LogP contribution in [0.3, 0.4) is 0 Å². The van der Waals surface area contributed by atoms with Crippen LogP contribution in [0.2, 0.25) is 0 Å². The van der Waals surface area contributed by atoms with Gasteiger partial charge in [0, 0.05) is 28.2 Å². The summed E-state index contributed by atoms with van der Waals surface area (Å²) in [5.41, 5.74) is 8.24. The van der Waals surface area contributed by atoms with Gasteiger partial charge >= 0.3 is 0 Å². The van der Waals surface area contributed by atoms with Crippen molar-refractivity contribution >= 4 is 23.5 Å². The highest BCUT2D eigenvalue weighted by molar-refractivity contribution is 7.80. The molecule has 0 fully saturated rings. The van der Waals surface area contributed by atoms with Crippen LogP contribution in [0, 0.1) is 17.1 Å². The van der Waals surface area contributed by atoms with Crippen molar-refractivity contribution in [3.05, 3.63) is 71.8 Å². The second-order valence-electron chi connectivity index (χ2n) is 8.44. The third-order valence-electron chi connectivity index (χ3n) is 4.50. The number of rotatable bonds is 3. The number of fused-ring (bicyclic) bond motifs is 1. The lowest BCUT2D eigenvalue weighted by molar-refractivity contribution is 0.580. The second-order valence-corrected chi connectivity index (χ2v) is 8.96. The van der Waals surface area contributed by atoms with E-state index in [4.69, 9.17) is 5.73 Å². The smallest absolute Gasteiger partial charge is 0.137 e. The largest absolute Gasteiger partial charge is 0.326 e. The van der Waals surface area contributed by atoms with Crippen molar-refractivity contribution in [2.75, 3.05) is 0 Å². The fourth-order valence-corrected chi connectivity index (χ4v) is 3.36. The third kappa shape index (κ3) is 6.43. The normalized spacial score (nSPS) is 10.6. The summed E-state index contributed by atoms with van der Waals surface area (Å²) in [7, 11) is 0. The lowest BCUT2D eigenvalue weighted by atomic mass is 10.1. The number of benzene rings is 1.